The number of fused-ring (bicyclic) bond motifs is 1. The number of hydrogen-bond donors (Lipinski definition) is 0. The third-order valence-electron chi connectivity index (χ3n) is 3.06. The van der Waals surface area contributed by atoms with Gasteiger partial charge in [0.05, 0.1) is 17.6 Å². The molecule has 1 heterocycles. The van der Waals surface area contributed by atoms with Crippen molar-refractivity contribution in [3.8, 4) is 5.75 Å². The van der Waals surface area contributed by atoms with Crippen LogP contribution in [0.2, 0.25) is 0 Å². The van der Waals surface area contributed by atoms with Gasteiger partial charge in [-0.05, 0) is 37.3 Å². The van der Waals surface area contributed by atoms with Crippen molar-refractivity contribution >= 4 is 16.9 Å². The number of para-hydroxylation sites is 2. The molecule has 0 N–H and O–H groups in total. The number of imidazole rings is 1. The third kappa shape index (κ3) is 2.16. The van der Waals surface area contributed by atoms with Crippen molar-refractivity contribution in [1.29, 1.82) is 0 Å². The van der Waals surface area contributed by atoms with E-state index >= 15 is 0 Å². The first-order valence-corrected chi connectivity index (χ1v) is 6.49. The Balaban J connectivity index is 2.02. The van der Waals surface area contributed by atoms with E-state index in [0.29, 0.717) is 17.9 Å². The summed E-state index contributed by atoms with van der Waals surface area (Å²) in [4.78, 5) is 16.8. The maximum atomic E-state index is 12.5. The molecule has 0 amide bonds. The zero-order valence-corrected chi connectivity index (χ0v) is 11.1. The normalized spacial score (nSPS) is 10.7. The van der Waals surface area contributed by atoms with Gasteiger partial charge in [-0.3, -0.25) is 9.36 Å². The molecule has 0 fully saturated rings. The SMILES string of the molecule is CCOc1cccc(C(=O)n2cnc3ccccc32)c1. The van der Waals surface area contributed by atoms with Gasteiger partial charge in [0.1, 0.15) is 12.1 Å². The van der Waals surface area contributed by atoms with Crippen LogP contribution in [0.15, 0.2) is 54.9 Å². The molecule has 4 nitrogen and oxygen atoms in total. The summed E-state index contributed by atoms with van der Waals surface area (Å²) in [7, 11) is 0. The summed E-state index contributed by atoms with van der Waals surface area (Å²) >= 11 is 0. The topological polar surface area (TPSA) is 44.1 Å². The van der Waals surface area contributed by atoms with Crippen LogP contribution >= 0.6 is 0 Å². The van der Waals surface area contributed by atoms with E-state index in [2.05, 4.69) is 4.98 Å². The molecule has 0 saturated carbocycles. The Bertz CT molecular complexity index is 762. The summed E-state index contributed by atoms with van der Waals surface area (Å²) in [5, 5.41) is 0. The van der Waals surface area contributed by atoms with E-state index in [9.17, 15) is 4.79 Å². The number of rotatable bonds is 3. The average molecular weight is 266 g/mol. The highest BCUT2D eigenvalue weighted by Gasteiger charge is 2.12. The van der Waals surface area contributed by atoms with Gasteiger partial charge in [0, 0.05) is 5.56 Å². The number of carbonyl (C=O) groups excluding carboxylic acids is 1. The lowest BCUT2D eigenvalue weighted by Gasteiger charge is -2.06. The monoisotopic (exact) mass is 266 g/mol. The maximum absolute atomic E-state index is 12.5. The number of benzene rings is 2. The fourth-order valence-corrected chi connectivity index (χ4v) is 2.15. The number of carbonyl (C=O) groups is 1. The highest BCUT2D eigenvalue weighted by molar-refractivity contribution is 6.01. The molecule has 0 aliphatic heterocycles. The van der Waals surface area contributed by atoms with Crippen molar-refractivity contribution in [3.05, 3.63) is 60.4 Å². The molecule has 0 aliphatic carbocycles. The van der Waals surface area contributed by atoms with Crippen LogP contribution in [-0.2, 0) is 0 Å². The highest BCUT2D eigenvalue weighted by Crippen LogP contribution is 2.17. The Labute approximate surface area is 116 Å². The largest absolute Gasteiger partial charge is 0.494 e. The Morgan fingerprint density at radius 2 is 2.05 bits per heavy atom. The van der Waals surface area contributed by atoms with Gasteiger partial charge in [-0.25, -0.2) is 4.98 Å². The molecule has 0 radical (unpaired) electrons. The van der Waals surface area contributed by atoms with Crippen molar-refractivity contribution in [3.63, 3.8) is 0 Å². The molecule has 0 bridgehead atoms. The minimum atomic E-state index is -0.111. The molecule has 0 aliphatic rings. The van der Waals surface area contributed by atoms with E-state index in [1.54, 1.807) is 23.0 Å². The second kappa shape index (κ2) is 5.17. The molecule has 3 aromatic rings. The first kappa shape index (κ1) is 12.4. The van der Waals surface area contributed by atoms with Crippen LogP contribution in [0, 0.1) is 0 Å². The van der Waals surface area contributed by atoms with Crippen molar-refractivity contribution in [2.24, 2.45) is 0 Å². The highest BCUT2D eigenvalue weighted by atomic mass is 16.5. The third-order valence-corrected chi connectivity index (χ3v) is 3.06. The van der Waals surface area contributed by atoms with Crippen LogP contribution in [0.3, 0.4) is 0 Å². The van der Waals surface area contributed by atoms with Gasteiger partial charge in [-0.15, -0.1) is 0 Å². The fourth-order valence-electron chi connectivity index (χ4n) is 2.15. The van der Waals surface area contributed by atoms with Gasteiger partial charge in [0.15, 0.2) is 0 Å². The van der Waals surface area contributed by atoms with Gasteiger partial charge in [-0.2, -0.15) is 0 Å². The molecule has 0 saturated heterocycles. The summed E-state index contributed by atoms with van der Waals surface area (Å²) in [6.07, 6.45) is 1.56. The molecule has 20 heavy (non-hydrogen) atoms. The van der Waals surface area contributed by atoms with Gasteiger partial charge < -0.3 is 4.74 Å². The quantitative estimate of drug-likeness (QED) is 0.731. The Hall–Kier alpha value is -2.62. The first-order valence-electron chi connectivity index (χ1n) is 6.49. The van der Waals surface area contributed by atoms with Crippen molar-refractivity contribution in [1.82, 2.24) is 9.55 Å². The zero-order valence-electron chi connectivity index (χ0n) is 11.1. The molecule has 1 aromatic heterocycles. The second-order valence-electron chi connectivity index (χ2n) is 4.37. The molecule has 2 aromatic carbocycles. The van der Waals surface area contributed by atoms with Crippen molar-refractivity contribution in [2.45, 2.75) is 6.92 Å². The summed E-state index contributed by atoms with van der Waals surface area (Å²) in [5.41, 5.74) is 2.19. The van der Waals surface area contributed by atoms with Crippen molar-refractivity contribution < 1.29 is 9.53 Å². The van der Waals surface area contributed by atoms with E-state index < -0.39 is 0 Å². The Kier molecular flexibility index (Phi) is 3.21. The lowest BCUT2D eigenvalue weighted by molar-refractivity contribution is 0.0964. The van der Waals surface area contributed by atoms with E-state index in [1.807, 2.05) is 43.3 Å². The van der Waals surface area contributed by atoms with Crippen LogP contribution in [0.1, 0.15) is 17.3 Å². The molecule has 0 unspecified atom stereocenters. The van der Waals surface area contributed by atoms with E-state index in [-0.39, 0.29) is 5.91 Å². The molecule has 0 spiro atoms. The zero-order chi connectivity index (χ0) is 13.9. The smallest absolute Gasteiger partial charge is 0.263 e. The molecule has 100 valence electrons. The molecule has 0 atom stereocenters. The van der Waals surface area contributed by atoms with Crippen LogP contribution in [0.4, 0.5) is 0 Å². The molecule has 4 heteroatoms. The van der Waals surface area contributed by atoms with Crippen LogP contribution < -0.4 is 4.74 Å². The van der Waals surface area contributed by atoms with Gasteiger partial charge >= 0.3 is 0 Å². The molecular weight excluding hydrogens is 252 g/mol. The Morgan fingerprint density at radius 1 is 1.20 bits per heavy atom. The summed E-state index contributed by atoms with van der Waals surface area (Å²) in [6, 6.07) is 14.7. The lowest BCUT2D eigenvalue weighted by Crippen LogP contribution is -2.10. The summed E-state index contributed by atoms with van der Waals surface area (Å²) in [5.74, 6) is 0.586. The average Bonchev–Trinajstić information content (AvgIpc) is 2.91. The predicted molar refractivity (Wildman–Crippen MR) is 77.1 cm³/mol. The van der Waals surface area contributed by atoms with E-state index in [4.69, 9.17) is 4.74 Å². The van der Waals surface area contributed by atoms with E-state index in [1.165, 1.54) is 0 Å². The molecular formula is C16H14N2O2. The van der Waals surface area contributed by atoms with Gasteiger partial charge in [-0.1, -0.05) is 18.2 Å². The van der Waals surface area contributed by atoms with Crippen molar-refractivity contribution in [2.75, 3.05) is 6.61 Å². The number of ether oxygens (including phenoxy) is 1. The summed E-state index contributed by atoms with van der Waals surface area (Å²) < 4.78 is 6.98. The minimum Gasteiger partial charge on any atom is -0.494 e. The van der Waals surface area contributed by atoms with Crippen LogP contribution in [0.5, 0.6) is 5.75 Å². The number of hydrogen-bond acceptors (Lipinski definition) is 3. The van der Waals surface area contributed by atoms with Crippen LogP contribution in [-0.4, -0.2) is 22.1 Å². The summed E-state index contributed by atoms with van der Waals surface area (Å²) in [6.45, 7) is 2.49. The first-order chi connectivity index (χ1) is 9.79. The van der Waals surface area contributed by atoms with Gasteiger partial charge in [0.2, 0.25) is 0 Å². The number of nitrogens with zero attached hydrogens (tertiary/aromatic N) is 2. The van der Waals surface area contributed by atoms with E-state index in [0.717, 1.165) is 11.0 Å². The molecule has 3 rings (SSSR count). The minimum absolute atomic E-state index is 0.111. The number of aromatic nitrogens is 2. The standard InChI is InChI=1S/C16H14N2O2/c1-2-20-13-7-5-6-12(10-13)16(19)18-11-17-14-8-3-4-9-15(14)18/h3-11H,2H2,1H3. The van der Waals surface area contributed by atoms with Crippen LogP contribution in [0.25, 0.3) is 11.0 Å². The predicted octanol–water partition coefficient (Wildman–Crippen LogP) is 3.12. The van der Waals surface area contributed by atoms with Gasteiger partial charge in [0.25, 0.3) is 5.91 Å². The Morgan fingerprint density at radius 3 is 2.90 bits per heavy atom. The fraction of sp³-hybridized carbons (Fsp3) is 0.125. The lowest BCUT2D eigenvalue weighted by atomic mass is 10.2. The maximum Gasteiger partial charge on any atom is 0.263 e. The second-order valence-corrected chi connectivity index (χ2v) is 4.37.